The molecule has 0 aliphatic heterocycles. The number of hydrogen-bond acceptors (Lipinski definition) is 4. The Labute approximate surface area is 128 Å². The zero-order valence-electron chi connectivity index (χ0n) is 11.1. The molecule has 3 nitrogen and oxygen atoms in total. The molecule has 1 aliphatic carbocycles. The Hall–Kier alpha value is -0.100. The fraction of sp³-hybridized carbons (Fsp3) is 0.643. The van der Waals surface area contributed by atoms with E-state index in [9.17, 15) is 0 Å². The van der Waals surface area contributed by atoms with Gasteiger partial charge in [0.2, 0.25) is 0 Å². The summed E-state index contributed by atoms with van der Waals surface area (Å²) in [4.78, 5) is 4.20. The molecule has 1 heterocycles. The largest absolute Gasteiger partial charge is 0.271 e. The fourth-order valence-electron chi connectivity index (χ4n) is 2.50. The Morgan fingerprint density at radius 3 is 2.84 bits per heavy atom. The van der Waals surface area contributed by atoms with Crippen LogP contribution in [0.5, 0.6) is 0 Å². The van der Waals surface area contributed by atoms with E-state index in [0.29, 0.717) is 6.04 Å². The first-order chi connectivity index (χ1) is 9.28. The maximum atomic E-state index is 5.68. The van der Waals surface area contributed by atoms with Crippen LogP contribution in [0.2, 0.25) is 0 Å². The summed E-state index contributed by atoms with van der Waals surface area (Å²) in [5.74, 6) is 6.76. The van der Waals surface area contributed by atoms with Crippen LogP contribution in [-0.2, 0) is 6.42 Å². The summed E-state index contributed by atoms with van der Waals surface area (Å²) in [7, 11) is 0. The number of rotatable bonds is 6. The molecule has 106 valence electrons. The predicted molar refractivity (Wildman–Crippen MR) is 86.1 cm³/mol. The van der Waals surface area contributed by atoms with Gasteiger partial charge in [0.05, 0.1) is 0 Å². The van der Waals surface area contributed by atoms with Gasteiger partial charge in [-0.05, 0) is 46.8 Å². The summed E-state index contributed by atoms with van der Waals surface area (Å²) >= 11 is 5.54. The van der Waals surface area contributed by atoms with Crippen LogP contribution in [0, 0.1) is 0 Å². The Morgan fingerprint density at radius 1 is 1.37 bits per heavy atom. The van der Waals surface area contributed by atoms with Gasteiger partial charge in [0, 0.05) is 33.9 Å². The highest BCUT2D eigenvalue weighted by Gasteiger charge is 2.16. The van der Waals surface area contributed by atoms with Gasteiger partial charge >= 0.3 is 0 Å². The molecular formula is C14H22BrN3S. The minimum Gasteiger partial charge on any atom is -0.271 e. The van der Waals surface area contributed by atoms with Crippen molar-refractivity contribution in [3.05, 3.63) is 28.5 Å². The van der Waals surface area contributed by atoms with Gasteiger partial charge in [-0.15, -0.1) is 0 Å². The molecule has 0 spiro atoms. The summed E-state index contributed by atoms with van der Waals surface area (Å²) in [6.07, 6.45) is 11.6. The molecule has 1 saturated carbocycles. The SMILES string of the molecule is NNC(CSC1CCCCC1)Cc1cncc(Br)c1. The number of hydrogen-bond donors (Lipinski definition) is 2. The van der Waals surface area contributed by atoms with Crippen LogP contribution in [0.3, 0.4) is 0 Å². The normalized spacial score (nSPS) is 18.4. The third-order valence-corrected chi connectivity index (χ3v) is 5.54. The molecule has 2 rings (SSSR count). The number of nitrogens with zero attached hydrogens (tertiary/aromatic N) is 1. The Bertz CT molecular complexity index is 383. The van der Waals surface area contributed by atoms with E-state index >= 15 is 0 Å². The second-order valence-corrected chi connectivity index (χ2v) is 7.42. The molecule has 19 heavy (non-hydrogen) atoms. The number of halogens is 1. The van der Waals surface area contributed by atoms with Crippen molar-refractivity contribution in [1.29, 1.82) is 0 Å². The summed E-state index contributed by atoms with van der Waals surface area (Å²) < 4.78 is 1.03. The van der Waals surface area contributed by atoms with Crippen molar-refractivity contribution >= 4 is 27.7 Å². The number of nitrogens with two attached hydrogens (primary N) is 1. The van der Waals surface area contributed by atoms with Gasteiger partial charge in [0.15, 0.2) is 0 Å². The molecule has 5 heteroatoms. The predicted octanol–water partition coefficient (Wildman–Crippen LogP) is 3.28. The first-order valence-corrected chi connectivity index (χ1v) is 8.79. The van der Waals surface area contributed by atoms with Gasteiger partial charge in [-0.2, -0.15) is 11.8 Å². The van der Waals surface area contributed by atoms with E-state index in [1.807, 2.05) is 12.4 Å². The highest BCUT2D eigenvalue weighted by Crippen LogP contribution is 2.28. The van der Waals surface area contributed by atoms with Crippen LogP contribution >= 0.6 is 27.7 Å². The Kier molecular flexibility index (Phi) is 6.64. The van der Waals surface area contributed by atoms with Crippen molar-refractivity contribution < 1.29 is 0 Å². The molecule has 1 fully saturated rings. The molecule has 0 amide bonds. The average molecular weight is 344 g/mol. The summed E-state index contributed by atoms with van der Waals surface area (Å²) in [5, 5.41) is 0.838. The molecule has 1 aromatic heterocycles. The van der Waals surface area contributed by atoms with Gasteiger partial charge in [-0.25, -0.2) is 0 Å². The van der Waals surface area contributed by atoms with Crippen LogP contribution < -0.4 is 11.3 Å². The van der Waals surface area contributed by atoms with Gasteiger partial charge in [-0.3, -0.25) is 16.3 Å². The minimum absolute atomic E-state index is 0.322. The van der Waals surface area contributed by atoms with Crippen LogP contribution in [0.25, 0.3) is 0 Å². The zero-order valence-corrected chi connectivity index (χ0v) is 13.5. The molecule has 0 aromatic carbocycles. The maximum Gasteiger partial charge on any atom is 0.0410 e. The quantitative estimate of drug-likeness (QED) is 0.614. The molecule has 3 N–H and O–H groups in total. The van der Waals surface area contributed by atoms with E-state index in [1.165, 1.54) is 37.7 Å². The van der Waals surface area contributed by atoms with Crippen molar-refractivity contribution in [3.63, 3.8) is 0 Å². The molecule has 0 bridgehead atoms. The second kappa shape index (κ2) is 8.25. The fourth-order valence-corrected chi connectivity index (χ4v) is 4.30. The number of nitrogens with one attached hydrogen (secondary N) is 1. The number of aromatic nitrogens is 1. The van der Waals surface area contributed by atoms with Gasteiger partial charge in [0.25, 0.3) is 0 Å². The molecular weight excluding hydrogens is 322 g/mol. The van der Waals surface area contributed by atoms with Crippen LogP contribution in [-0.4, -0.2) is 22.0 Å². The van der Waals surface area contributed by atoms with E-state index in [2.05, 4.69) is 44.2 Å². The summed E-state index contributed by atoms with van der Waals surface area (Å²) in [5.41, 5.74) is 4.17. The molecule has 1 aromatic rings. The van der Waals surface area contributed by atoms with Crippen molar-refractivity contribution in [3.8, 4) is 0 Å². The molecule has 1 unspecified atom stereocenters. The highest BCUT2D eigenvalue weighted by molar-refractivity contribution is 9.10. The van der Waals surface area contributed by atoms with Crippen LogP contribution in [0.1, 0.15) is 37.7 Å². The Balaban J connectivity index is 1.79. The van der Waals surface area contributed by atoms with Crippen LogP contribution in [0.15, 0.2) is 22.9 Å². The van der Waals surface area contributed by atoms with E-state index in [1.54, 1.807) is 0 Å². The molecule has 0 saturated heterocycles. The van der Waals surface area contributed by atoms with Crippen molar-refractivity contribution in [2.24, 2.45) is 5.84 Å². The lowest BCUT2D eigenvalue weighted by molar-refractivity contribution is 0.513. The molecule has 0 radical (unpaired) electrons. The molecule has 1 aliphatic rings. The topological polar surface area (TPSA) is 50.9 Å². The second-order valence-electron chi connectivity index (χ2n) is 5.17. The lowest BCUT2D eigenvalue weighted by Gasteiger charge is -2.23. The minimum atomic E-state index is 0.322. The third kappa shape index (κ3) is 5.42. The first-order valence-electron chi connectivity index (χ1n) is 6.95. The smallest absolute Gasteiger partial charge is 0.0410 e. The van der Waals surface area contributed by atoms with Gasteiger partial charge in [-0.1, -0.05) is 19.3 Å². The van der Waals surface area contributed by atoms with Gasteiger partial charge < -0.3 is 0 Å². The van der Waals surface area contributed by atoms with Crippen molar-refractivity contribution in [2.45, 2.75) is 49.8 Å². The Morgan fingerprint density at radius 2 is 2.16 bits per heavy atom. The first kappa shape index (κ1) is 15.3. The van der Waals surface area contributed by atoms with Crippen molar-refractivity contribution in [2.75, 3.05) is 5.75 Å². The van der Waals surface area contributed by atoms with E-state index in [-0.39, 0.29) is 0 Å². The van der Waals surface area contributed by atoms with Crippen molar-refractivity contribution in [1.82, 2.24) is 10.4 Å². The summed E-state index contributed by atoms with van der Waals surface area (Å²) in [6, 6.07) is 2.44. The average Bonchev–Trinajstić information content (AvgIpc) is 2.44. The zero-order chi connectivity index (χ0) is 13.5. The highest BCUT2D eigenvalue weighted by atomic mass is 79.9. The number of pyridine rings is 1. The number of hydrazine groups is 1. The van der Waals surface area contributed by atoms with E-state index in [0.717, 1.165) is 21.9 Å². The maximum absolute atomic E-state index is 5.68. The van der Waals surface area contributed by atoms with E-state index in [4.69, 9.17) is 5.84 Å². The number of thioether (sulfide) groups is 1. The lowest BCUT2D eigenvalue weighted by Crippen LogP contribution is -2.39. The monoisotopic (exact) mass is 343 g/mol. The lowest BCUT2D eigenvalue weighted by atomic mass is 10.0. The van der Waals surface area contributed by atoms with E-state index < -0.39 is 0 Å². The third-order valence-electron chi connectivity index (χ3n) is 3.56. The summed E-state index contributed by atoms with van der Waals surface area (Å²) in [6.45, 7) is 0. The van der Waals surface area contributed by atoms with Gasteiger partial charge in [0.1, 0.15) is 0 Å². The van der Waals surface area contributed by atoms with Crippen LogP contribution in [0.4, 0.5) is 0 Å². The molecule has 1 atom stereocenters. The standard InChI is InChI=1S/C14H22BrN3S/c15-12-6-11(8-17-9-12)7-13(18-16)10-19-14-4-2-1-3-5-14/h6,8-9,13-14,18H,1-5,7,10,16H2.